The third-order valence-electron chi connectivity index (χ3n) is 6.09. The van der Waals surface area contributed by atoms with Gasteiger partial charge in [-0.2, -0.15) is 0 Å². The van der Waals surface area contributed by atoms with Gasteiger partial charge in [-0.1, -0.05) is 95.4 Å². The van der Waals surface area contributed by atoms with Crippen LogP contribution in [0.4, 0.5) is 5.69 Å². The van der Waals surface area contributed by atoms with Gasteiger partial charge in [0.25, 0.3) is 0 Å². The maximum absolute atomic E-state index is 12.2. The fourth-order valence-electron chi connectivity index (χ4n) is 4.17. The second-order valence-corrected chi connectivity index (χ2v) is 8.59. The van der Waals surface area contributed by atoms with Crippen LogP contribution in [0.25, 0.3) is 0 Å². The van der Waals surface area contributed by atoms with Gasteiger partial charge in [0.1, 0.15) is 0 Å². The van der Waals surface area contributed by atoms with Crippen molar-refractivity contribution in [2.45, 2.75) is 84.0 Å². The predicted molar refractivity (Wildman–Crippen MR) is 125 cm³/mol. The molecule has 31 heavy (non-hydrogen) atoms. The van der Waals surface area contributed by atoms with E-state index in [1.54, 1.807) is 6.08 Å². The third-order valence-corrected chi connectivity index (χ3v) is 6.09. The first-order chi connectivity index (χ1) is 15.0. The maximum atomic E-state index is 12.2. The molecule has 0 heterocycles. The summed E-state index contributed by atoms with van der Waals surface area (Å²) in [5.41, 5.74) is 0.278. The highest BCUT2D eigenvalue weighted by atomic mass is 16.4. The molecule has 3 N–H and O–H groups in total. The largest absolute Gasteiger partial charge is 0.481 e. The highest BCUT2D eigenvalue weighted by Gasteiger charge is 2.40. The zero-order valence-electron chi connectivity index (χ0n) is 18.7. The van der Waals surface area contributed by atoms with E-state index in [0.29, 0.717) is 12.1 Å². The molecule has 2 rings (SSSR count). The number of carbonyl (C=O) groups is 2. The predicted octanol–water partition coefficient (Wildman–Crippen LogP) is 6.78. The van der Waals surface area contributed by atoms with E-state index >= 15 is 0 Å². The fraction of sp³-hybridized carbons (Fsp3) is 0.538. The number of nitrogens with one attached hydrogen (secondary N) is 1. The molecule has 1 unspecified atom stereocenters. The summed E-state index contributed by atoms with van der Waals surface area (Å²) >= 11 is 0. The van der Waals surface area contributed by atoms with Crippen LogP contribution >= 0.6 is 0 Å². The zero-order valence-corrected chi connectivity index (χ0v) is 18.7. The smallest absolute Gasteiger partial charge is 0.337 e. The van der Waals surface area contributed by atoms with E-state index in [9.17, 15) is 19.8 Å². The molecule has 1 aromatic rings. The van der Waals surface area contributed by atoms with Crippen molar-refractivity contribution in [1.29, 1.82) is 0 Å². The van der Waals surface area contributed by atoms with Crippen LogP contribution in [0.15, 0.2) is 53.8 Å². The molecule has 1 aliphatic rings. The first-order valence-electron chi connectivity index (χ1n) is 11.7. The Labute approximate surface area is 186 Å². The van der Waals surface area contributed by atoms with Crippen LogP contribution in [0, 0.1) is 5.41 Å². The Bertz CT molecular complexity index is 769. The average Bonchev–Trinajstić information content (AvgIpc) is 2.75. The van der Waals surface area contributed by atoms with Crippen LogP contribution in [0.5, 0.6) is 0 Å². The quantitative estimate of drug-likeness (QED) is 0.269. The van der Waals surface area contributed by atoms with E-state index in [1.807, 2.05) is 30.3 Å². The van der Waals surface area contributed by atoms with E-state index in [-0.39, 0.29) is 12.0 Å². The number of carboxylic acids is 2. The van der Waals surface area contributed by atoms with Gasteiger partial charge in [-0.15, -0.1) is 0 Å². The molecule has 0 aromatic heterocycles. The monoisotopic (exact) mass is 427 g/mol. The lowest BCUT2D eigenvalue weighted by Gasteiger charge is -2.31. The summed E-state index contributed by atoms with van der Waals surface area (Å²) in [5, 5.41) is 22.7. The molecule has 0 saturated heterocycles. The van der Waals surface area contributed by atoms with Crippen molar-refractivity contribution >= 4 is 17.6 Å². The van der Waals surface area contributed by atoms with Gasteiger partial charge in [-0.3, -0.25) is 4.79 Å². The average molecular weight is 428 g/mol. The number of hydrogen-bond acceptors (Lipinski definition) is 3. The van der Waals surface area contributed by atoms with Gasteiger partial charge in [0, 0.05) is 17.8 Å². The van der Waals surface area contributed by atoms with Crippen molar-refractivity contribution in [3.05, 3.63) is 53.8 Å². The van der Waals surface area contributed by atoms with E-state index in [2.05, 4.69) is 12.2 Å². The number of unbranched alkanes of at least 4 members (excludes halogenated alkanes) is 9. The summed E-state index contributed by atoms with van der Waals surface area (Å²) in [7, 11) is 0. The Morgan fingerprint density at radius 2 is 1.48 bits per heavy atom. The van der Waals surface area contributed by atoms with Gasteiger partial charge < -0.3 is 15.5 Å². The summed E-state index contributed by atoms with van der Waals surface area (Å²) in [4.78, 5) is 23.9. The Hall–Kier alpha value is -2.56. The lowest BCUT2D eigenvalue weighted by atomic mass is 9.74. The van der Waals surface area contributed by atoms with Crippen molar-refractivity contribution < 1.29 is 19.8 Å². The third kappa shape index (κ3) is 7.89. The van der Waals surface area contributed by atoms with Gasteiger partial charge in [-0.25, -0.2) is 4.79 Å². The van der Waals surface area contributed by atoms with Crippen molar-refractivity contribution in [1.82, 2.24) is 0 Å². The minimum atomic E-state index is -1.06. The van der Waals surface area contributed by atoms with E-state index in [1.165, 1.54) is 51.0 Å². The van der Waals surface area contributed by atoms with E-state index in [0.717, 1.165) is 24.9 Å². The minimum Gasteiger partial charge on any atom is -0.481 e. The Balaban J connectivity index is 1.89. The topological polar surface area (TPSA) is 86.6 Å². The van der Waals surface area contributed by atoms with Crippen LogP contribution in [0.1, 0.15) is 84.0 Å². The molecule has 5 nitrogen and oxygen atoms in total. The molecule has 0 spiro atoms. The number of hydrogen-bond donors (Lipinski definition) is 3. The molecule has 1 aliphatic carbocycles. The molecule has 170 valence electrons. The first kappa shape index (κ1) is 24.7. The Morgan fingerprint density at radius 1 is 0.903 bits per heavy atom. The zero-order chi connectivity index (χ0) is 22.5. The standard InChI is InChI=1S/C26H37NO4/c1-2-3-4-5-6-7-8-9-10-14-18-26(25(30)31)19-17-22(24(28)29)23(20-26)27-21-15-12-11-13-16-21/h11-13,15-17,19,27H,2-10,14,18,20H2,1H3,(H,28,29)(H,30,31). The van der Waals surface area contributed by atoms with Gasteiger partial charge in [0.2, 0.25) is 0 Å². The lowest BCUT2D eigenvalue weighted by molar-refractivity contribution is -0.146. The number of allylic oxidation sites excluding steroid dienone is 1. The molecule has 0 amide bonds. The molecule has 0 radical (unpaired) electrons. The highest BCUT2D eigenvalue weighted by molar-refractivity contribution is 5.93. The van der Waals surface area contributed by atoms with Gasteiger partial charge in [0.05, 0.1) is 11.0 Å². The van der Waals surface area contributed by atoms with Gasteiger partial charge in [0.15, 0.2) is 0 Å². The number of benzene rings is 1. The van der Waals surface area contributed by atoms with Crippen LogP contribution in [-0.4, -0.2) is 22.2 Å². The summed E-state index contributed by atoms with van der Waals surface area (Å²) < 4.78 is 0. The van der Waals surface area contributed by atoms with Crippen molar-refractivity contribution in [3.63, 3.8) is 0 Å². The van der Waals surface area contributed by atoms with Crippen molar-refractivity contribution in [2.75, 3.05) is 5.32 Å². The van der Waals surface area contributed by atoms with Gasteiger partial charge in [-0.05, 0) is 24.6 Å². The van der Waals surface area contributed by atoms with E-state index in [4.69, 9.17) is 0 Å². The number of anilines is 1. The van der Waals surface area contributed by atoms with Crippen molar-refractivity contribution in [2.24, 2.45) is 5.41 Å². The molecule has 5 heteroatoms. The second-order valence-electron chi connectivity index (χ2n) is 8.59. The normalized spacial score (nSPS) is 18.2. The summed E-state index contributed by atoms with van der Waals surface area (Å²) in [6.07, 6.45) is 15.7. The molecular formula is C26H37NO4. The van der Waals surface area contributed by atoms with Crippen molar-refractivity contribution in [3.8, 4) is 0 Å². The number of rotatable bonds is 15. The second kappa shape index (κ2) is 13.0. The molecule has 1 atom stereocenters. The number of aliphatic carboxylic acids is 2. The SMILES string of the molecule is CCCCCCCCCCCCC1(C(=O)O)C=CC(C(=O)O)=C(Nc2ccccc2)C1. The number of carboxylic acid groups (broad SMARTS) is 2. The molecule has 1 aromatic carbocycles. The van der Waals surface area contributed by atoms with Gasteiger partial charge >= 0.3 is 11.9 Å². The maximum Gasteiger partial charge on any atom is 0.337 e. The lowest BCUT2D eigenvalue weighted by Crippen LogP contribution is -2.33. The van der Waals surface area contributed by atoms with Crippen LogP contribution in [0.3, 0.4) is 0 Å². The van der Waals surface area contributed by atoms with Crippen LogP contribution in [-0.2, 0) is 9.59 Å². The van der Waals surface area contributed by atoms with Crippen LogP contribution < -0.4 is 5.32 Å². The van der Waals surface area contributed by atoms with Crippen LogP contribution in [0.2, 0.25) is 0 Å². The Morgan fingerprint density at radius 3 is 2.03 bits per heavy atom. The summed E-state index contributed by atoms with van der Waals surface area (Å²) in [6.45, 7) is 2.23. The molecule has 0 fully saturated rings. The fourth-order valence-corrected chi connectivity index (χ4v) is 4.17. The molecular weight excluding hydrogens is 390 g/mol. The molecule has 0 saturated carbocycles. The first-order valence-corrected chi connectivity index (χ1v) is 11.7. The number of para-hydroxylation sites is 1. The highest BCUT2D eigenvalue weighted by Crippen LogP contribution is 2.39. The Kier molecular flexibility index (Phi) is 10.3. The van der Waals surface area contributed by atoms with E-state index < -0.39 is 17.4 Å². The summed E-state index contributed by atoms with van der Waals surface area (Å²) in [6, 6.07) is 9.28. The summed E-state index contributed by atoms with van der Waals surface area (Å²) in [5.74, 6) is -1.94. The molecule has 0 aliphatic heterocycles. The minimum absolute atomic E-state index is 0.129. The molecule has 0 bridgehead atoms.